The Hall–Kier alpha value is -1.56. The fourth-order valence-electron chi connectivity index (χ4n) is 3.46. The van der Waals surface area contributed by atoms with E-state index in [9.17, 15) is 8.42 Å². The van der Waals surface area contributed by atoms with Crippen LogP contribution in [0, 0.1) is 27.7 Å². The maximum atomic E-state index is 13.1. The van der Waals surface area contributed by atoms with Crippen molar-refractivity contribution in [3.05, 3.63) is 57.6 Å². The van der Waals surface area contributed by atoms with Gasteiger partial charge in [0.25, 0.3) is 0 Å². The molecule has 0 unspecified atom stereocenters. The Labute approximate surface area is 161 Å². The molecule has 0 bridgehead atoms. The van der Waals surface area contributed by atoms with Gasteiger partial charge in [-0.05, 0) is 68.1 Å². The zero-order chi connectivity index (χ0) is 19.1. The predicted octanol–water partition coefficient (Wildman–Crippen LogP) is 4.08. The van der Waals surface area contributed by atoms with Gasteiger partial charge in [0, 0.05) is 36.9 Å². The molecule has 1 saturated heterocycles. The van der Waals surface area contributed by atoms with E-state index >= 15 is 0 Å². The number of halogens is 1. The van der Waals surface area contributed by atoms with Gasteiger partial charge in [0.15, 0.2) is 0 Å². The summed E-state index contributed by atoms with van der Waals surface area (Å²) < 4.78 is 27.8. The summed E-state index contributed by atoms with van der Waals surface area (Å²) in [6.07, 6.45) is 0. The van der Waals surface area contributed by atoms with E-state index in [2.05, 4.69) is 4.90 Å². The van der Waals surface area contributed by atoms with Crippen molar-refractivity contribution in [2.24, 2.45) is 0 Å². The number of rotatable bonds is 3. The van der Waals surface area contributed by atoms with Crippen molar-refractivity contribution in [2.45, 2.75) is 32.6 Å². The van der Waals surface area contributed by atoms with Crippen molar-refractivity contribution in [3.63, 3.8) is 0 Å². The van der Waals surface area contributed by atoms with E-state index in [1.54, 1.807) is 10.4 Å². The third-order valence-corrected chi connectivity index (χ3v) is 7.68. The molecule has 3 rings (SSSR count). The molecule has 0 aromatic heterocycles. The minimum atomic E-state index is -3.48. The average Bonchev–Trinajstić information content (AvgIpc) is 2.60. The summed E-state index contributed by atoms with van der Waals surface area (Å²) >= 11 is 6.23. The summed E-state index contributed by atoms with van der Waals surface area (Å²) in [6, 6.07) is 9.61. The SMILES string of the molecule is Cc1cc(C)c(S(=O)(=O)N2CCN(c3cccc(Cl)c3C)CC2)cc1C. The normalized spacial score (nSPS) is 16.1. The second-order valence-electron chi connectivity index (χ2n) is 6.98. The van der Waals surface area contributed by atoms with E-state index in [-0.39, 0.29) is 0 Å². The van der Waals surface area contributed by atoms with E-state index in [4.69, 9.17) is 11.6 Å². The molecule has 4 nitrogen and oxygen atoms in total. The van der Waals surface area contributed by atoms with Crippen LogP contribution in [0.1, 0.15) is 22.3 Å². The molecule has 140 valence electrons. The first-order valence-electron chi connectivity index (χ1n) is 8.80. The topological polar surface area (TPSA) is 40.6 Å². The first-order valence-corrected chi connectivity index (χ1v) is 10.6. The Morgan fingerprint density at radius 1 is 0.885 bits per heavy atom. The molecule has 0 amide bonds. The first-order chi connectivity index (χ1) is 12.2. The lowest BCUT2D eigenvalue weighted by Gasteiger charge is -2.36. The summed E-state index contributed by atoms with van der Waals surface area (Å²) in [7, 11) is -3.48. The molecular weight excluding hydrogens is 368 g/mol. The van der Waals surface area contributed by atoms with Gasteiger partial charge in [-0.2, -0.15) is 4.31 Å². The number of benzene rings is 2. The van der Waals surface area contributed by atoms with Gasteiger partial charge in [-0.1, -0.05) is 23.7 Å². The summed E-state index contributed by atoms with van der Waals surface area (Å²) in [6.45, 7) is 10.1. The van der Waals surface area contributed by atoms with Crippen molar-refractivity contribution < 1.29 is 8.42 Å². The number of hydrogen-bond acceptors (Lipinski definition) is 3. The van der Waals surface area contributed by atoms with Gasteiger partial charge in [0.1, 0.15) is 0 Å². The second-order valence-corrected chi connectivity index (χ2v) is 9.29. The van der Waals surface area contributed by atoms with Crippen LogP contribution in [0.15, 0.2) is 35.2 Å². The monoisotopic (exact) mass is 392 g/mol. The Kier molecular flexibility index (Phi) is 5.33. The van der Waals surface area contributed by atoms with Gasteiger partial charge in [-0.15, -0.1) is 0 Å². The lowest BCUT2D eigenvalue weighted by atomic mass is 10.1. The number of piperazine rings is 1. The van der Waals surface area contributed by atoms with Gasteiger partial charge < -0.3 is 4.90 Å². The van der Waals surface area contributed by atoms with Crippen LogP contribution in [0.2, 0.25) is 5.02 Å². The highest BCUT2D eigenvalue weighted by atomic mass is 35.5. The molecule has 26 heavy (non-hydrogen) atoms. The zero-order valence-corrected chi connectivity index (χ0v) is 17.3. The molecule has 0 atom stereocenters. The fourth-order valence-corrected chi connectivity index (χ4v) is 5.34. The quantitative estimate of drug-likeness (QED) is 0.790. The molecule has 2 aromatic rings. The molecule has 1 aliphatic rings. The van der Waals surface area contributed by atoms with E-state index in [0.29, 0.717) is 31.1 Å². The summed E-state index contributed by atoms with van der Waals surface area (Å²) in [5, 5.41) is 0.739. The van der Waals surface area contributed by atoms with E-state index < -0.39 is 10.0 Å². The standard InChI is InChI=1S/C20H25ClN2O2S/c1-14-12-16(3)20(13-15(14)2)26(24,25)23-10-8-22(9-11-23)19-7-5-6-18(21)17(19)4/h5-7,12-13H,8-11H2,1-4H3. The molecule has 1 aliphatic heterocycles. The molecule has 0 radical (unpaired) electrons. The van der Waals surface area contributed by atoms with Crippen LogP contribution < -0.4 is 4.90 Å². The van der Waals surface area contributed by atoms with Gasteiger partial charge in [-0.3, -0.25) is 0 Å². The lowest BCUT2D eigenvalue weighted by Crippen LogP contribution is -2.49. The highest BCUT2D eigenvalue weighted by Crippen LogP contribution is 2.29. The molecular formula is C20H25ClN2O2S. The summed E-state index contributed by atoms with van der Waals surface area (Å²) in [5.74, 6) is 0. The molecule has 0 saturated carbocycles. The molecule has 1 fully saturated rings. The number of hydrogen-bond donors (Lipinski definition) is 0. The van der Waals surface area contributed by atoms with Crippen molar-refractivity contribution >= 4 is 27.3 Å². The molecule has 2 aromatic carbocycles. The van der Waals surface area contributed by atoms with Crippen molar-refractivity contribution in [1.29, 1.82) is 0 Å². The third-order valence-electron chi connectivity index (χ3n) is 5.23. The van der Waals surface area contributed by atoms with Crippen LogP contribution in [0.4, 0.5) is 5.69 Å². The third kappa shape index (κ3) is 3.48. The lowest BCUT2D eigenvalue weighted by molar-refractivity contribution is 0.384. The summed E-state index contributed by atoms with van der Waals surface area (Å²) in [4.78, 5) is 2.63. The number of aryl methyl sites for hydroxylation is 3. The minimum Gasteiger partial charge on any atom is -0.369 e. The molecule has 1 heterocycles. The highest BCUT2D eigenvalue weighted by molar-refractivity contribution is 7.89. The largest absolute Gasteiger partial charge is 0.369 e. The van der Waals surface area contributed by atoms with Crippen LogP contribution >= 0.6 is 11.6 Å². The summed E-state index contributed by atoms with van der Waals surface area (Å²) in [5.41, 5.74) is 5.04. The maximum absolute atomic E-state index is 13.1. The van der Waals surface area contributed by atoms with Gasteiger partial charge >= 0.3 is 0 Å². The fraction of sp³-hybridized carbons (Fsp3) is 0.400. The Bertz CT molecular complexity index is 933. The highest BCUT2D eigenvalue weighted by Gasteiger charge is 2.30. The number of anilines is 1. The van der Waals surface area contributed by atoms with Crippen LogP contribution in [0.5, 0.6) is 0 Å². The Morgan fingerprint density at radius 2 is 1.50 bits per heavy atom. The van der Waals surface area contributed by atoms with Crippen LogP contribution in [-0.4, -0.2) is 38.9 Å². The first kappa shape index (κ1) is 19.2. The number of nitrogens with zero attached hydrogens (tertiary/aromatic N) is 2. The smallest absolute Gasteiger partial charge is 0.243 e. The Morgan fingerprint density at radius 3 is 2.15 bits per heavy atom. The van der Waals surface area contributed by atoms with Crippen LogP contribution in [0.3, 0.4) is 0 Å². The van der Waals surface area contributed by atoms with Gasteiger partial charge in [-0.25, -0.2) is 8.42 Å². The second kappa shape index (κ2) is 7.22. The Balaban J connectivity index is 1.81. The van der Waals surface area contributed by atoms with E-state index in [1.165, 1.54) is 0 Å². The molecule has 6 heteroatoms. The van der Waals surface area contributed by atoms with Gasteiger partial charge in [0.2, 0.25) is 10.0 Å². The minimum absolute atomic E-state index is 0.424. The van der Waals surface area contributed by atoms with E-state index in [0.717, 1.165) is 33.0 Å². The maximum Gasteiger partial charge on any atom is 0.243 e. The predicted molar refractivity (Wildman–Crippen MR) is 108 cm³/mol. The van der Waals surface area contributed by atoms with Crippen molar-refractivity contribution in [3.8, 4) is 0 Å². The molecule has 0 spiro atoms. The molecule has 0 N–H and O–H groups in total. The molecule has 0 aliphatic carbocycles. The van der Waals surface area contributed by atoms with E-state index in [1.807, 2.05) is 52.0 Å². The number of sulfonamides is 1. The zero-order valence-electron chi connectivity index (χ0n) is 15.7. The van der Waals surface area contributed by atoms with Crippen molar-refractivity contribution in [1.82, 2.24) is 4.31 Å². The average molecular weight is 393 g/mol. The van der Waals surface area contributed by atoms with Crippen LogP contribution in [-0.2, 0) is 10.0 Å². The van der Waals surface area contributed by atoms with Crippen LogP contribution in [0.25, 0.3) is 0 Å². The van der Waals surface area contributed by atoms with Gasteiger partial charge in [0.05, 0.1) is 4.90 Å². The van der Waals surface area contributed by atoms with Crippen molar-refractivity contribution in [2.75, 3.05) is 31.1 Å².